The van der Waals surface area contributed by atoms with Gasteiger partial charge in [0.15, 0.2) is 0 Å². The Morgan fingerprint density at radius 3 is 1.61 bits per heavy atom. The normalized spacial score (nSPS) is 15.0. The zero-order chi connectivity index (χ0) is 50.0. The Morgan fingerprint density at radius 1 is 0.289 bits per heavy atom. The van der Waals surface area contributed by atoms with E-state index in [9.17, 15) is 0 Å². The van der Waals surface area contributed by atoms with Gasteiger partial charge in [-0.15, -0.1) is 0 Å². The first-order valence-electron chi connectivity index (χ1n) is 26.5. The molecular formula is C74H48N2. The summed E-state index contributed by atoms with van der Waals surface area (Å²) in [5.74, 6) is 0. The Hall–Kier alpha value is -9.76. The van der Waals surface area contributed by atoms with E-state index in [2.05, 4.69) is 301 Å². The van der Waals surface area contributed by atoms with Crippen LogP contribution in [0.15, 0.2) is 291 Å². The van der Waals surface area contributed by atoms with Crippen LogP contribution < -0.4 is 4.90 Å². The SMILES string of the molecule is c1ccc(-c2ccccc2N(c2cccc(-c3ccc4c(c3)C3(c5ccccc5-4)c4ccccc4-n4c5ccccc5c5cccc3c54)c2)c2cccc3c2-c2ccccc2C3(c2ccccc2)c2ccccc2)cc1. The van der Waals surface area contributed by atoms with E-state index in [0.29, 0.717) is 0 Å². The Morgan fingerprint density at radius 2 is 0.816 bits per heavy atom. The second kappa shape index (κ2) is 16.4. The standard InChI is InChI=1S/C74H48N2/c1-4-23-49(24-5-1)55-31-12-17-41-67(55)75(70-44-22-39-64-71(70)60-34-11-15-37-62(60)73(64,52-26-6-2-7-27-52)53-28-8-3-9-29-53)54-30-20-25-50(47-54)51-45-46-57-56-32-10-14-36-61(56)74(66(57)48-51)63-38-16-19-43-69(63)76-68-42-18-13-33-58(68)59-35-21-40-65(74)72(59)76/h1-48H. The maximum absolute atomic E-state index is 2.54. The highest BCUT2D eigenvalue weighted by molar-refractivity contribution is 6.13. The van der Waals surface area contributed by atoms with Gasteiger partial charge in [-0.05, 0) is 120 Å². The highest BCUT2D eigenvalue weighted by atomic mass is 15.1. The number of nitrogens with zero attached hydrogens (tertiary/aromatic N) is 2. The number of rotatable bonds is 7. The van der Waals surface area contributed by atoms with Crippen LogP contribution in [-0.2, 0) is 10.8 Å². The van der Waals surface area contributed by atoms with Gasteiger partial charge in [0, 0.05) is 27.6 Å². The topological polar surface area (TPSA) is 8.17 Å². The number of para-hydroxylation sites is 4. The van der Waals surface area contributed by atoms with Crippen LogP contribution >= 0.6 is 0 Å². The Kier molecular flexibility index (Phi) is 9.20. The second-order valence-corrected chi connectivity index (χ2v) is 20.6. The van der Waals surface area contributed by atoms with Gasteiger partial charge in [-0.3, -0.25) is 0 Å². The molecule has 12 aromatic carbocycles. The number of benzene rings is 12. The van der Waals surface area contributed by atoms with Crippen LogP contribution in [0.1, 0.15) is 44.5 Å². The maximum Gasteiger partial charge on any atom is 0.0754 e. The molecule has 0 radical (unpaired) electrons. The molecule has 0 bridgehead atoms. The Bertz CT molecular complexity index is 4430. The molecule has 13 aromatic rings. The molecule has 2 heteroatoms. The molecule has 0 fully saturated rings. The molecule has 1 aliphatic heterocycles. The van der Waals surface area contributed by atoms with Gasteiger partial charge >= 0.3 is 0 Å². The van der Waals surface area contributed by atoms with E-state index in [1.807, 2.05) is 0 Å². The predicted molar refractivity (Wildman–Crippen MR) is 315 cm³/mol. The second-order valence-electron chi connectivity index (χ2n) is 20.6. The fourth-order valence-corrected chi connectivity index (χ4v) is 14.2. The molecule has 1 atom stereocenters. The van der Waals surface area contributed by atoms with Gasteiger partial charge in [-0.1, -0.05) is 249 Å². The first-order valence-corrected chi connectivity index (χ1v) is 26.5. The Balaban J connectivity index is 0.944. The molecule has 0 amide bonds. The molecule has 2 heterocycles. The van der Waals surface area contributed by atoms with Crippen LogP contribution in [0.2, 0.25) is 0 Å². The molecule has 3 aliphatic rings. The van der Waals surface area contributed by atoms with E-state index in [-0.39, 0.29) is 0 Å². The summed E-state index contributed by atoms with van der Waals surface area (Å²) in [4.78, 5) is 2.54. The highest BCUT2D eigenvalue weighted by Gasteiger charge is 2.51. The molecule has 0 saturated heterocycles. The summed E-state index contributed by atoms with van der Waals surface area (Å²) in [5.41, 5.74) is 26.0. The summed E-state index contributed by atoms with van der Waals surface area (Å²) in [6, 6.07) is 109. The molecule has 2 aliphatic carbocycles. The van der Waals surface area contributed by atoms with Gasteiger partial charge < -0.3 is 9.47 Å². The summed E-state index contributed by atoms with van der Waals surface area (Å²) >= 11 is 0. The zero-order valence-electron chi connectivity index (χ0n) is 41.6. The summed E-state index contributed by atoms with van der Waals surface area (Å²) in [5, 5.41) is 2.56. The molecule has 76 heavy (non-hydrogen) atoms. The number of hydrogen-bond donors (Lipinski definition) is 0. The molecule has 1 unspecified atom stereocenters. The quantitative estimate of drug-likeness (QED) is 0.155. The van der Waals surface area contributed by atoms with Gasteiger partial charge in [0.25, 0.3) is 0 Å². The lowest BCUT2D eigenvalue weighted by atomic mass is 9.65. The van der Waals surface area contributed by atoms with E-state index in [0.717, 1.165) is 28.2 Å². The average molecular weight is 965 g/mol. The van der Waals surface area contributed by atoms with E-state index in [1.165, 1.54) is 105 Å². The van der Waals surface area contributed by atoms with Crippen LogP contribution in [0.3, 0.4) is 0 Å². The van der Waals surface area contributed by atoms with Gasteiger partial charge in [0.1, 0.15) is 0 Å². The van der Waals surface area contributed by atoms with Crippen LogP contribution in [0.4, 0.5) is 17.1 Å². The number of anilines is 3. The van der Waals surface area contributed by atoms with Gasteiger partial charge in [0.05, 0.1) is 38.9 Å². The van der Waals surface area contributed by atoms with Crippen molar-refractivity contribution in [2.75, 3.05) is 4.90 Å². The van der Waals surface area contributed by atoms with E-state index >= 15 is 0 Å². The fourth-order valence-electron chi connectivity index (χ4n) is 14.2. The van der Waals surface area contributed by atoms with Crippen LogP contribution in [0.5, 0.6) is 0 Å². The molecule has 354 valence electrons. The predicted octanol–water partition coefficient (Wildman–Crippen LogP) is 18.6. The summed E-state index contributed by atoms with van der Waals surface area (Å²) in [7, 11) is 0. The van der Waals surface area contributed by atoms with Crippen molar-refractivity contribution in [2.24, 2.45) is 0 Å². The van der Waals surface area contributed by atoms with Crippen molar-refractivity contribution in [3.8, 4) is 50.2 Å². The third-order valence-corrected chi connectivity index (χ3v) is 17.1. The number of aromatic nitrogens is 1. The molecular weight excluding hydrogens is 917 g/mol. The fraction of sp³-hybridized carbons (Fsp3) is 0.0270. The monoisotopic (exact) mass is 964 g/mol. The minimum Gasteiger partial charge on any atom is -0.309 e. The molecule has 0 N–H and O–H groups in total. The third kappa shape index (κ3) is 5.70. The van der Waals surface area contributed by atoms with Gasteiger partial charge in [0.2, 0.25) is 0 Å². The van der Waals surface area contributed by atoms with Crippen molar-refractivity contribution in [1.82, 2.24) is 4.57 Å². The van der Waals surface area contributed by atoms with Gasteiger partial charge in [-0.2, -0.15) is 0 Å². The largest absolute Gasteiger partial charge is 0.309 e. The Labute approximate surface area is 442 Å². The van der Waals surface area contributed by atoms with Crippen molar-refractivity contribution in [3.05, 3.63) is 336 Å². The lowest BCUT2D eigenvalue weighted by Gasteiger charge is -2.39. The van der Waals surface area contributed by atoms with Crippen LogP contribution in [-0.4, -0.2) is 4.57 Å². The summed E-state index contributed by atoms with van der Waals surface area (Å²) in [6.45, 7) is 0. The molecule has 1 spiro atoms. The minimum atomic E-state index is -0.553. The van der Waals surface area contributed by atoms with Crippen LogP contribution in [0, 0.1) is 0 Å². The first kappa shape index (κ1) is 42.7. The number of hydrogen-bond acceptors (Lipinski definition) is 1. The van der Waals surface area contributed by atoms with E-state index in [4.69, 9.17) is 0 Å². The van der Waals surface area contributed by atoms with E-state index in [1.54, 1.807) is 0 Å². The smallest absolute Gasteiger partial charge is 0.0754 e. The average Bonchev–Trinajstić information content (AvgIpc) is 4.31. The third-order valence-electron chi connectivity index (χ3n) is 17.1. The van der Waals surface area contributed by atoms with Gasteiger partial charge in [-0.25, -0.2) is 0 Å². The number of fused-ring (bicyclic) bond motifs is 15. The highest BCUT2D eigenvalue weighted by Crippen LogP contribution is 2.63. The molecule has 16 rings (SSSR count). The van der Waals surface area contributed by atoms with Crippen molar-refractivity contribution in [1.29, 1.82) is 0 Å². The molecule has 2 nitrogen and oxygen atoms in total. The molecule has 1 aromatic heterocycles. The summed E-state index contributed by atoms with van der Waals surface area (Å²) in [6.07, 6.45) is 0. The lowest BCUT2D eigenvalue weighted by Crippen LogP contribution is -2.33. The lowest BCUT2D eigenvalue weighted by molar-refractivity contribution is 0.749. The van der Waals surface area contributed by atoms with E-state index < -0.39 is 10.8 Å². The zero-order valence-corrected chi connectivity index (χ0v) is 41.6. The van der Waals surface area contributed by atoms with Crippen molar-refractivity contribution >= 4 is 38.9 Å². The summed E-state index contributed by atoms with van der Waals surface area (Å²) < 4.78 is 2.53. The van der Waals surface area contributed by atoms with Crippen molar-refractivity contribution in [2.45, 2.75) is 10.8 Å². The van der Waals surface area contributed by atoms with Crippen molar-refractivity contribution in [3.63, 3.8) is 0 Å². The minimum absolute atomic E-state index is 0.550. The van der Waals surface area contributed by atoms with Crippen LogP contribution in [0.25, 0.3) is 72.0 Å². The van der Waals surface area contributed by atoms with Crippen molar-refractivity contribution < 1.29 is 0 Å². The first-order chi connectivity index (χ1) is 37.7. The maximum atomic E-state index is 2.54. The molecule has 0 saturated carbocycles.